The molecule has 0 radical (unpaired) electrons. The number of rotatable bonds is 8. The molecule has 3 rings (SSSR count). The molecule has 0 heterocycles. The van der Waals surface area contributed by atoms with Crippen molar-refractivity contribution < 1.29 is 9.59 Å². The fourth-order valence-electron chi connectivity index (χ4n) is 2.65. The largest absolute Gasteiger partial charge is 0.351 e. The number of amides is 2. The molecule has 2 fully saturated rings. The van der Waals surface area contributed by atoms with Crippen molar-refractivity contribution in [1.29, 1.82) is 0 Å². The van der Waals surface area contributed by atoms with E-state index in [1.807, 2.05) is 24.3 Å². The molecule has 5 heteroatoms. The molecule has 0 unspecified atom stereocenters. The number of benzene rings is 1. The highest BCUT2D eigenvalue weighted by atomic mass is 16.2. The van der Waals surface area contributed by atoms with Crippen molar-refractivity contribution in [1.82, 2.24) is 10.6 Å². The molecule has 23 heavy (non-hydrogen) atoms. The van der Waals surface area contributed by atoms with Crippen LogP contribution in [-0.2, 0) is 16.1 Å². The predicted molar refractivity (Wildman–Crippen MR) is 89.9 cm³/mol. The molecule has 124 valence electrons. The molecule has 0 aliphatic heterocycles. The summed E-state index contributed by atoms with van der Waals surface area (Å²) in [5.74, 6) is 1.07. The van der Waals surface area contributed by atoms with Crippen LogP contribution in [0, 0.1) is 11.8 Å². The van der Waals surface area contributed by atoms with Crippen LogP contribution in [0.25, 0.3) is 0 Å². The molecule has 0 aromatic heterocycles. The van der Waals surface area contributed by atoms with Crippen molar-refractivity contribution in [3.05, 3.63) is 29.8 Å². The highest BCUT2D eigenvalue weighted by Crippen LogP contribution is 2.28. The zero-order valence-corrected chi connectivity index (χ0v) is 13.4. The summed E-state index contributed by atoms with van der Waals surface area (Å²) in [4.78, 5) is 23.7. The quantitative estimate of drug-likeness (QED) is 0.687. The van der Waals surface area contributed by atoms with Gasteiger partial charge in [0, 0.05) is 18.2 Å². The zero-order chi connectivity index (χ0) is 16.1. The first-order valence-electron chi connectivity index (χ1n) is 8.58. The minimum Gasteiger partial charge on any atom is -0.351 e. The van der Waals surface area contributed by atoms with Crippen LogP contribution in [0.15, 0.2) is 24.3 Å². The number of hydrogen-bond donors (Lipinski definition) is 3. The van der Waals surface area contributed by atoms with Crippen molar-refractivity contribution in [2.45, 2.75) is 38.6 Å². The molecule has 1 aromatic rings. The first-order chi connectivity index (χ1) is 11.2. The highest BCUT2D eigenvalue weighted by molar-refractivity contribution is 5.93. The van der Waals surface area contributed by atoms with Crippen LogP contribution in [0.4, 0.5) is 5.69 Å². The van der Waals surface area contributed by atoms with Crippen LogP contribution < -0.4 is 16.0 Å². The lowest BCUT2D eigenvalue weighted by Crippen LogP contribution is -2.34. The van der Waals surface area contributed by atoms with E-state index in [4.69, 9.17) is 0 Å². The minimum absolute atomic E-state index is 0.00885. The molecular weight excluding hydrogens is 290 g/mol. The predicted octanol–water partition coefficient (Wildman–Crippen LogP) is 2.04. The molecule has 2 amide bonds. The Labute approximate surface area is 137 Å². The van der Waals surface area contributed by atoms with Gasteiger partial charge >= 0.3 is 0 Å². The van der Waals surface area contributed by atoms with E-state index >= 15 is 0 Å². The van der Waals surface area contributed by atoms with E-state index < -0.39 is 0 Å². The van der Waals surface area contributed by atoms with E-state index in [2.05, 4.69) is 16.0 Å². The van der Waals surface area contributed by atoms with E-state index in [1.54, 1.807) is 0 Å². The third-order valence-corrected chi connectivity index (χ3v) is 4.58. The van der Waals surface area contributed by atoms with Crippen molar-refractivity contribution >= 4 is 17.5 Å². The number of nitrogens with one attached hydrogen (secondary N) is 3. The smallest absolute Gasteiger partial charge is 0.234 e. The number of carbonyl (C=O) groups is 2. The van der Waals surface area contributed by atoms with Gasteiger partial charge in [0.2, 0.25) is 11.8 Å². The third-order valence-electron chi connectivity index (χ3n) is 4.58. The van der Waals surface area contributed by atoms with Gasteiger partial charge in [0.05, 0.1) is 6.54 Å². The Balaban J connectivity index is 1.41. The number of hydrogen-bond acceptors (Lipinski definition) is 3. The first-order valence-corrected chi connectivity index (χ1v) is 8.58. The molecule has 0 spiro atoms. The summed E-state index contributed by atoms with van der Waals surface area (Å²) in [5.41, 5.74) is 1.80. The minimum atomic E-state index is 0.00885. The number of anilines is 1. The summed E-state index contributed by atoms with van der Waals surface area (Å²) in [7, 11) is 0. The van der Waals surface area contributed by atoms with Crippen molar-refractivity contribution in [2.75, 3.05) is 18.4 Å². The van der Waals surface area contributed by atoms with E-state index in [9.17, 15) is 9.59 Å². The molecule has 0 atom stereocenters. The van der Waals surface area contributed by atoms with Gasteiger partial charge in [-0.25, -0.2) is 0 Å². The van der Waals surface area contributed by atoms with E-state index in [0.717, 1.165) is 43.0 Å². The van der Waals surface area contributed by atoms with Gasteiger partial charge < -0.3 is 16.0 Å². The van der Waals surface area contributed by atoms with E-state index in [1.165, 1.54) is 12.8 Å². The Morgan fingerprint density at radius 2 is 1.96 bits per heavy atom. The van der Waals surface area contributed by atoms with Crippen LogP contribution in [-0.4, -0.2) is 24.9 Å². The lowest BCUT2D eigenvalue weighted by Gasteiger charge is -2.24. The van der Waals surface area contributed by atoms with Gasteiger partial charge in [-0.15, -0.1) is 0 Å². The van der Waals surface area contributed by atoms with Gasteiger partial charge in [0.15, 0.2) is 0 Å². The fourth-order valence-corrected chi connectivity index (χ4v) is 2.65. The monoisotopic (exact) mass is 315 g/mol. The topological polar surface area (TPSA) is 70.2 Å². The zero-order valence-electron chi connectivity index (χ0n) is 13.4. The molecule has 0 bridgehead atoms. The lowest BCUT2D eigenvalue weighted by molar-refractivity contribution is -0.122. The second-order valence-electron chi connectivity index (χ2n) is 6.67. The van der Waals surface area contributed by atoms with Crippen LogP contribution >= 0.6 is 0 Å². The number of carbonyl (C=O) groups excluding carboxylic acids is 2. The Morgan fingerprint density at radius 1 is 1.13 bits per heavy atom. The molecule has 1 aromatic carbocycles. The molecule has 5 nitrogen and oxygen atoms in total. The van der Waals surface area contributed by atoms with Gasteiger partial charge in [-0.05, 0) is 55.8 Å². The summed E-state index contributed by atoms with van der Waals surface area (Å²) in [6.45, 7) is 1.79. The Morgan fingerprint density at radius 3 is 2.65 bits per heavy atom. The molecule has 2 aliphatic carbocycles. The molecular formula is C18H25N3O2. The second-order valence-corrected chi connectivity index (χ2v) is 6.67. The van der Waals surface area contributed by atoms with Crippen molar-refractivity contribution in [3.63, 3.8) is 0 Å². The second kappa shape index (κ2) is 7.59. The van der Waals surface area contributed by atoms with Crippen LogP contribution in [0.3, 0.4) is 0 Å². The molecule has 0 saturated heterocycles. The lowest BCUT2D eigenvalue weighted by atomic mass is 9.85. The van der Waals surface area contributed by atoms with Crippen LogP contribution in [0.2, 0.25) is 0 Å². The van der Waals surface area contributed by atoms with Crippen molar-refractivity contribution in [3.8, 4) is 0 Å². The summed E-state index contributed by atoms with van der Waals surface area (Å²) < 4.78 is 0. The summed E-state index contributed by atoms with van der Waals surface area (Å²) in [6, 6.07) is 7.67. The molecule has 2 aliphatic rings. The van der Waals surface area contributed by atoms with Crippen LogP contribution in [0.1, 0.15) is 37.7 Å². The van der Waals surface area contributed by atoms with Gasteiger partial charge in [0.25, 0.3) is 0 Å². The van der Waals surface area contributed by atoms with Crippen molar-refractivity contribution in [2.24, 2.45) is 11.8 Å². The Hall–Kier alpha value is -1.88. The highest BCUT2D eigenvalue weighted by Gasteiger charge is 2.25. The summed E-state index contributed by atoms with van der Waals surface area (Å²) in [6.07, 6.45) is 5.71. The average molecular weight is 315 g/mol. The SMILES string of the molecule is O=C(CNCC1CC1)NCc1cccc(NC(=O)C2CCC2)c1. The van der Waals surface area contributed by atoms with Gasteiger partial charge in [-0.3, -0.25) is 9.59 Å². The molecule has 2 saturated carbocycles. The van der Waals surface area contributed by atoms with E-state index in [-0.39, 0.29) is 17.7 Å². The standard InChI is InChI=1S/C18H25N3O2/c22-17(12-19-10-13-7-8-13)20-11-14-3-1-6-16(9-14)21-18(23)15-4-2-5-15/h1,3,6,9,13,15,19H,2,4-5,7-8,10-12H2,(H,20,22)(H,21,23). The summed E-state index contributed by atoms with van der Waals surface area (Å²) in [5, 5.41) is 9.04. The third kappa shape index (κ3) is 5.06. The average Bonchev–Trinajstić information content (AvgIpc) is 3.28. The maximum Gasteiger partial charge on any atom is 0.234 e. The van der Waals surface area contributed by atoms with Gasteiger partial charge in [-0.2, -0.15) is 0 Å². The Kier molecular flexibility index (Phi) is 5.28. The fraction of sp³-hybridized carbons (Fsp3) is 0.556. The normalized spacial score (nSPS) is 17.4. The first kappa shape index (κ1) is 16.0. The Bertz CT molecular complexity index is 565. The van der Waals surface area contributed by atoms with Crippen LogP contribution in [0.5, 0.6) is 0 Å². The van der Waals surface area contributed by atoms with Gasteiger partial charge in [0.1, 0.15) is 0 Å². The van der Waals surface area contributed by atoms with Gasteiger partial charge in [-0.1, -0.05) is 18.6 Å². The summed E-state index contributed by atoms with van der Waals surface area (Å²) >= 11 is 0. The maximum absolute atomic E-state index is 12.0. The maximum atomic E-state index is 12.0. The van der Waals surface area contributed by atoms with E-state index in [0.29, 0.717) is 13.1 Å². The molecule has 3 N–H and O–H groups in total.